The van der Waals surface area contributed by atoms with Gasteiger partial charge in [-0.1, -0.05) is 30.7 Å². The number of likely N-dealkylation sites (N-methyl/N-ethyl adjacent to an activating group) is 1. The summed E-state index contributed by atoms with van der Waals surface area (Å²) >= 11 is 0. The minimum Gasteiger partial charge on any atom is -0.387 e. The normalized spacial score (nSPS) is 19.6. The van der Waals surface area contributed by atoms with Crippen LogP contribution in [0.1, 0.15) is 29.7 Å². The molecule has 1 heterocycles. The molecule has 1 aromatic rings. The van der Waals surface area contributed by atoms with Crippen molar-refractivity contribution in [2.75, 3.05) is 39.3 Å². The third-order valence-corrected chi connectivity index (χ3v) is 4.13. The Labute approximate surface area is 116 Å². The van der Waals surface area contributed by atoms with Gasteiger partial charge < -0.3 is 10.0 Å². The lowest BCUT2D eigenvalue weighted by Crippen LogP contribution is -2.47. The molecule has 0 aromatic heterocycles. The third-order valence-electron chi connectivity index (χ3n) is 4.13. The Balaban J connectivity index is 1.92. The predicted molar refractivity (Wildman–Crippen MR) is 79.4 cm³/mol. The number of hydrogen-bond donors (Lipinski definition) is 1. The molecule has 1 N–H and O–H groups in total. The number of aliphatic hydroxyl groups is 1. The van der Waals surface area contributed by atoms with Crippen molar-refractivity contribution in [3.8, 4) is 0 Å². The first-order valence-corrected chi connectivity index (χ1v) is 7.30. The molecule has 0 spiro atoms. The second-order valence-corrected chi connectivity index (χ2v) is 5.61. The Bertz CT molecular complexity index is 411. The second kappa shape index (κ2) is 6.51. The zero-order chi connectivity index (χ0) is 13.8. The summed E-state index contributed by atoms with van der Waals surface area (Å²) in [5.74, 6) is 0. The molecule has 1 atom stereocenters. The van der Waals surface area contributed by atoms with Gasteiger partial charge in [0, 0.05) is 32.7 Å². The van der Waals surface area contributed by atoms with Crippen LogP contribution in [0.15, 0.2) is 18.2 Å². The van der Waals surface area contributed by atoms with E-state index < -0.39 is 0 Å². The van der Waals surface area contributed by atoms with Crippen LogP contribution in [-0.2, 0) is 0 Å². The summed E-state index contributed by atoms with van der Waals surface area (Å²) in [6.07, 6.45) is -0.367. The Morgan fingerprint density at radius 2 is 1.74 bits per heavy atom. The lowest BCUT2D eigenvalue weighted by molar-refractivity contribution is 0.0741. The van der Waals surface area contributed by atoms with E-state index in [0.717, 1.165) is 44.8 Å². The predicted octanol–water partition coefficient (Wildman–Crippen LogP) is 1.97. The summed E-state index contributed by atoms with van der Waals surface area (Å²) in [5, 5.41) is 10.4. The molecule has 19 heavy (non-hydrogen) atoms. The summed E-state index contributed by atoms with van der Waals surface area (Å²) in [7, 11) is 0. The van der Waals surface area contributed by atoms with E-state index in [2.05, 4.69) is 48.8 Å². The quantitative estimate of drug-likeness (QED) is 0.899. The smallest absolute Gasteiger partial charge is 0.0919 e. The standard InChI is InChI=1S/C16H26N2O/c1-4-17-7-9-18(10-8-17)12-16(19)15-6-5-13(2)11-14(15)3/h5-6,11,16,19H,4,7-10,12H2,1-3H3. The average Bonchev–Trinajstić information content (AvgIpc) is 2.39. The van der Waals surface area contributed by atoms with E-state index in [0.29, 0.717) is 0 Å². The minimum absolute atomic E-state index is 0.367. The monoisotopic (exact) mass is 262 g/mol. The number of β-amino-alcohol motifs (C(OH)–C–C–N with tert-alkyl or cyclic N) is 1. The van der Waals surface area contributed by atoms with Crippen molar-refractivity contribution < 1.29 is 5.11 Å². The molecule has 2 rings (SSSR count). The number of rotatable bonds is 4. The van der Waals surface area contributed by atoms with Gasteiger partial charge in [0.15, 0.2) is 0 Å². The Morgan fingerprint density at radius 3 is 2.32 bits per heavy atom. The van der Waals surface area contributed by atoms with E-state index in [1.54, 1.807) is 0 Å². The van der Waals surface area contributed by atoms with Crippen LogP contribution < -0.4 is 0 Å². The van der Waals surface area contributed by atoms with E-state index in [4.69, 9.17) is 0 Å². The van der Waals surface area contributed by atoms with Crippen LogP contribution in [0.5, 0.6) is 0 Å². The van der Waals surface area contributed by atoms with E-state index >= 15 is 0 Å². The molecule has 3 nitrogen and oxygen atoms in total. The van der Waals surface area contributed by atoms with E-state index in [1.165, 1.54) is 11.1 Å². The van der Waals surface area contributed by atoms with Gasteiger partial charge in [0.25, 0.3) is 0 Å². The largest absolute Gasteiger partial charge is 0.387 e. The van der Waals surface area contributed by atoms with Crippen LogP contribution in [-0.4, -0.2) is 54.2 Å². The van der Waals surface area contributed by atoms with Crippen molar-refractivity contribution in [1.82, 2.24) is 9.80 Å². The van der Waals surface area contributed by atoms with Crippen LogP contribution in [0.3, 0.4) is 0 Å². The van der Waals surface area contributed by atoms with Crippen LogP contribution in [0.4, 0.5) is 0 Å². The van der Waals surface area contributed by atoms with Gasteiger partial charge in [0.1, 0.15) is 0 Å². The first kappa shape index (κ1) is 14.5. The van der Waals surface area contributed by atoms with Crippen LogP contribution >= 0.6 is 0 Å². The first-order chi connectivity index (χ1) is 9.10. The number of nitrogens with zero attached hydrogens (tertiary/aromatic N) is 2. The number of piperazine rings is 1. The Kier molecular flexibility index (Phi) is 4.97. The Morgan fingerprint density at radius 1 is 1.11 bits per heavy atom. The van der Waals surface area contributed by atoms with Gasteiger partial charge in [0.2, 0.25) is 0 Å². The third kappa shape index (κ3) is 3.78. The number of aryl methyl sites for hydroxylation is 2. The molecule has 106 valence electrons. The van der Waals surface area contributed by atoms with Crippen LogP contribution in [0.25, 0.3) is 0 Å². The molecule has 3 heteroatoms. The second-order valence-electron chi connectivity index (χ2n) is 5.61. The highest BCUT2D eigenvalue weighted by Crippen LogP contribution is 2.20. The van der Waals surface area contributed by atoms with Crippen molar-refractivity contribution >= 4 is 0 Å². The maximum Gasteiger partial charge on any atom is 0.0919 e. The molecule has 1 aliphatic rings. The molecule has 0 bridgehead atoms. The fourth-order valence-corrected chi connectivity index (χ4v) is 2.83. The highest BCUT2D eigenvalue weighted by atomic mass is 16.3. The van der Waals surface area contributed by atoms with Gasteiger partial charge in [-0.25, -0.2) is 0 Å². The molecule has 0 saturated carbocycles. The molecule has 1 aliphatic heterocycles. The SMILES string of the molecule is CCN1CCN(CC(O)c2ccc(C)cc2C)CC1. The molecule has 1 aromatic carbocycles. The molecular formula is C16H26N2O. The zero-order valence-corrected chi connectivity index (χ0v) is 12.4. The Hall–Kier alpha value is -0.900. The highest BCUT2D eigenvalue weighted by molar-refractivity contribution is 5.32. The van der Waals surface area contributed by atoms with Crippen molar-refractivity contribution in [3.63, 3.8) is 0 Å². The minimum atomic E-state index is -0.367. The number of aliphatic hydroxyl groups excluding tert-OH is 1. The number of hydrogen-bond acceptors (Lipinski definition) is 3. The van der Waals surface area contributed by atoms with Crippen molar-refractivity contribution in [2.45, 2.75) is 26.9 Å². The lowest BCUT2D eigenvalue weighted by Gasteiger charge is -2.35. The maximum atomic E-state index is 10.4. The summed E-state index contributed by atoms with van der Waals surface area (Å²) in [6, 6.07) is 6.30. The van der Waals surface area contributed by atoms with Crippen molar-refractivity contribution in [2.24, 2.45) is 0 Å². The van der Waals surface area contributed by atoms with Gasteiger partial charge >= 0.3 is 0 Å². The first-order valence-electron chi connectivity index (χ1n) is 7.30. The van der Waals surface area contributed by atoms with E-state index in [1.807, 2.05) is 0 Å². The molecule has 0 aliphatic carbocycles. The molecule has 1 unspecified atom stereocenters. The summed E-state index contributed by atoms with van der Waals surface area (Å²) < 4.78 is 0. The van der Waals surface area contributed by atoms with Crippen molar-refractivity contribution in [1.29, 1.82) is 0 Å². The summed E-state index contributed by atoms with van der Waals surface area (Å²) in [4.78, 5) is 4.83. The molecule has 0 amide bonds. The van der Waals surface area contributed by atoms with Gasteiger partial charge in [-0.15, -0.1) is 0 Å². The van der Waals surface area contributed by atoms with Gasteiger partial charge in [0.05, 0.1) is 6.10 Å². The summed E-state index contributed by atoms with van der Waals surface area (Å²) in [6.45, 7) is 12.6. The molecule has 0 radical (unpaired) electrons. The van der Waals surface area contributed by atoms with Gasteiger partial charge in [-0.3, -0.25) is 4.90 Å². The maximum absolute atomic E-state index is 10.4. The average molecular weight is 262 g/mol. The fraction of sp³-hybridized carbons (Fsp3) is 0.625. The summed E-state index contributed by atoms with van der Waals surface area (Å²) in [5.41, 5.74) is 3.52. The molecule has 1 saturated heterocycles. The highest BCUT2D eigenvalue weighted by Gasteiger charge is 2.19. The topological polar surface area (TPSA) is 26.7 Å². The zero-order valence-electron chi connectivity index (χ0n) is 12.4. The van der Waals surface area contributed by atoms with E-state index in [-0.39, 0.29) is 6.10 Å². The van der Waals surface area contributed by atoms with Crippen LogP contribution in [0.2, 0.25) is 0 Å². The van der Waals surface area contributed by atoms with Gasteiger partial charge in [-0.2, -0.15) is 0 Å². The molecule has 1 fully saturated rings. The number of benzene rings is 1. The van der Waals surface area contributed by atoms with Gasteiger partial charge in [-0.05, 0) is 31.5 Å². The van der Waals surface area contributed by atoms with E-state index in [9.17, 15) is 5.11 Å². The fourth-order valence-electron chi connectivity index (χ4n) is 2.83. The lowest BCUT2D eigenvalue weighted by atomic mass is 10.0. The van der Waals surface area contributed by atoms with Crippen LogP contribution in [0, 0.1) is 13.8 Å². The molecular weight excluding hydrogens is 236 g/mol. The van der Waals surface area contributed by atoms with Crippen molar-refractivity contribution in [3.05, 3.63) is 34.9 Å².